The van der Waals surface area contributed by atoms with E-state index in [0.717, 1.165) is 18.9 Å². The molecule has 1 aliphatic carbocycles. The Morgan fingerprint density at radius 2 is 2.20 bits per heavy atom. The Labute approximate surface area is 91.8 Å². The maximum Gasteiger partial charge on any atom is 0.0934 e. The van der Waals surface area contributed by atoms with Crippen molar-refractivity contribution in [2.45, 2.75) is 39.0 Å². The Morgan fingerprint density at radius 3 is 2.73 bits per heavy atom. The second kappa shape index (κ2) is 4.40. The number of nitrogens with two attached hydrogens (primary N) is 1. The molecule has 1 heterocycles. The lowest BCUT2D eigenvalue weighted by molar-refractivity contribution is 0.163. The van der Waals surface area contributed by atoms with Gasteiger partial charge in [-0.3, -0.25) is 0 Å². The van der Waals surface area contributed by atoms with E-state index in [-0.39, 0.29) is 0 Å². The van der Waals surface area contributed by atoms with E-state index in [1.807, 2.05) is 6.26 Å². The van der Waals surface area contributed by atoms with E-state index in [1.54, 1.807) is 6.26 Å². The average molecular weight is 207 g/mol. The van der Waals surface area contributed by atoms with Crippen LogP contribution in [0.5, 0.6) is 0 Å². The van der Waals surface area contributed by atoms with E-state index >= 15 is 0 Å². The van der Waals surface area contributed by atoms with Gasteiger partial charge in [0.05, 0.1) is 12.5 Å². The maximum atomic E-state index is 5.97. The minimum atomic E-state index is 0.344. The Hall–Kier alpha value is -0.760. The molecule has 1 aromatic rings. The van der Waals surface area contributed by atoms with Gasteiger partial charge in [-0.25, -0.2) is 0 Å². The van der Waals surface area contributed by atoms with Crippen LogP contribution in [0, 0.1) is 11.3 Å². The van der Waals surface area contributed by atoms with Crippen LogP contribution >= 0.6 is 0 Å². The van der Waals surface area contributed by atoms with Gasteiger partial charge in [-0.2, -0.15) is 0 Å². The van der Waals surface area contributed by atoms with Gasteiger partial charge in [0.1, 0.15) is 0 Å². The van der Waals surface area contributed by atoms with E-state index in [1.165, 1.54) is 31.2 Å². The molecule has 0 unspecified atom stereocenters. The van der Waals surface area contributed by atoms with Crippen LogP contribution in [0.25, 0.3) is 0 Å². The first-order valence-corrected chi connectivity index (χ1v) is 5.95. The number of hydrogen-bond acceptors (Lipinski definition) is 2. The Morgan fingerprint density at radius 1 is 1.47 bits per heavy atom. The summed E-state index contributed by atoms with van der Waals surface area (Å²) in [5.41, 5.74) is 7.61. The summed E-state index contributed by atoms with van der Waals surface area (Å²) >= 11 is 0. The molecule has 2 nitrogen and oxygen atoms in total. The quantitative estimate of drug-likeness (QED) is 0.827. The van der Waals surface area contributed by atoms with Crippen molar-refractivity contribution in [2.24, 2.45) is 17.1 Å². The zero-order valence-electron chi connectivity index (χ0n) is 9.54. The van der Waals surface area contributed by atoms with Crippen LogP contribution in [0.3, 0.4) is 0 Å². The van der Waals surface area contributed by atoms with Gasteiger partial charge in [-0.15, -0.1) is 0 Å². The smallest absolute Gasteiger partial charge is 0.0934 e. The summed E-state index contributed by atoms with van der Waals surface area (Å²) in [6, 6.07) is 2.06. The molecule has 0 radical (unpaired) electrons. The third-order valence-corrected chi connectivity index (χ3v) is 3.93. The molecule has 1 saturated carbocycles. The van der Waals surface area contributed by atoms with Crippen LogP contribution < -0.4 is 5.73 Å². The van der Waals surface area contributed by atoms with Crippen LogP contribution in [-0.2, 0) is 6.42 Å². The van der Waals surface area contributed by atoms with Crippen LogP contribution in [0.15, 0.2) is 23.0 Å². The first kappa shape index (κ1) is 10.7. The topological polar surface area (TPSA) is 39.2 Å². The molecule has 0 spiro atoms. The second-order valence-electron chi connectivity index (χ2n) is 5.20. The van der Waals surface area contributed by atoms with Gasteiger partial charge in [-0.1, -0.05) is 19.8 Å². The summed E-state index contributed by atoms with van der Waals surface area (Å²) in [6.07, 6.45) is 9.91. The summed E-state index contributed by atoms with van der Waals surface area (Å²) in [6.45, 7) is 3.16. The molecule has 0 saturated heterocycles. The van der Waals surface area contributed by atoms with Crippen molar-refractivity contribution < 1.29 is 4.42 Å². The summed E-state index contributed by atoms with van der Waals surface area (Å²) in [4.78, 5) is 0. The highest BCUT2D eigenvalue weighted by molar-refractivity contribution is 5.09. The van der Waals surface area contributed by atoms with Gasteiger partial charge in [0.2, 0.25) is 0 Å². The highest BCUT2D eigenvalue weighted by Gasteiger charge is 2.33. The molecular weight excluding hydrogens is 186 g/mol. The molecule has 0 aliphatic heterocycles. The summed E-state index contributed by atoms with van der Waals surface area (Å²) in [5, 5.41) is 0. The number of rotatable bonds is 3. The molecule has 84 valence electrons. The van der Waals surface area contributed by atoms with Gasteiger partial charge in [-0.05, 0) is 48.8 Å². The zero-order chi connectivity index (χ0) is 10.7. The summed E-state index contributed by atoms with van der Waals surface area (Å²) in [5.74, 6) is 0.883. The zero-order valence-corrected chi connectivity index (χ0v) is 9.54. The fourth-order valence-corrected chi connectivity index (χ4v) is 2.65. The largest absolute Gasteiger partial charge is 0.472 e. The van der Waals surface area contributed by atoms with Crippen LogP contribution in [0.4, 0.5) is 0 Å². The van der Waals surface area contributed by atoms with Crippen molar-refractivity contribution in [3.8, 4) is 0 Å². The third kappa shape index (κ3) is 2.43. The second-order valence-corrected chi connectivity index (χ2v) is 5.20. The van der Waals surface area contributed by atoms with Crippen molar-refractivity contribution in [1.29, 1.82) is 0 Å². The normalized spacial score (nSPS) is 31.7. The maximum absolute atomic E-state index is 5.97. The predicted molar refractivity (Wildman–Crippen MR) is 61.5 cm³/mol. The number of hydrogen-bond donors (Lipinski definition) is 1. The fourth-order valence-electron chi connectivity index (χ4n) is 2.65. The van der Waals surface area contributed by atoms with Gasteiger partial charge < -0.3 is 10.2 Å². The SMILES string of the molecule is CC1CCC(CN)(Cc2ccoc2)CC1. The fraction of sp³-hybridized carbons (Fsp3) is 0.692. The van der Waals surface area contributed by atoms with E-state index in [0.29, 0.717) is 5.41 Å². The molecule has 0 aromatic carbocycles. The molecule has 0 bridgehead atoms. The highest BCUT2D eigenvalue weighted by Crippen LogP contribution is 2.40. The molecule has 1 aliphatic rings. The highest BCUT2D eigenvalue weighted by atomic mass is 16.3. The molecule has 0 amide bonds. The van der Waals surface area contributed by atoms with Crippen LogP contribution in [-0.4, -0.2) is 6.54 Å². The van der Waals surface area contributed by atoms with Gasteiger partial charge in [0.15, 0.2) is 0 Å². The van der Waals surface area contributed by atoms with E-state index in [2.05, 4.69) is 13.0 Å². The molecule has 1 aromatic heterocycles. The van der Waals surface area contributed by atoms with Crippen LogP contribution in [0.2, 0.25) is 0 Å². The number of furan rings is 1. The standard InChI is InChI=1S/C13H21NO/c1-11-2-5-13(10-14,6-3-11)8-12-4-7-15-9-12/h4,7,9,11H,2-3,5-6,8,10,14H2,1H3. The van der Waals surface area contributed by atoms with Gasteiger partial charge in [0.25, 0.3) is 0 Å². The summed E-state index contributed by atoms with van der Waals surface area (Å²) < 4.78 is 5.13. The van der Waals surface area contributed by atoms with Gasteiger partial charge >= 0.3 is 0 Å². The molecule has 15 heavy (non-hydrogen) atoms. The minimum absolute atomic E-state index is 0.344. The van der Waals surface area contributed by atoms with E-state index < -0.39 is 0 Å². The predicted octanol–water partition coefficient (Wildman–Crippen LogP) is 2.98. The van der Waals surface area contributed by atoms with Crippen molar-refractivity contribution in [2.75, 3.05) is 6.54 Å². The first-order chi connectivity index (χ1) is 7.24. The molecule has 2 N–H and O–H groups in total. The molecule has 2 heteroatoms. The molecular formula is C13H21NO. The van der Waals surface area contributed by atoms with Crippen molar-refractivity contribution in [3.63, 3.8) is 0 Å². The molecule has 2 rings (SSSR count). The third-order valence-electron chi connectivity index (χ3n) is 3.93. The molecule has 1 fully saturated rings. The van der Waals surface area contributed by atoms with E-state index in [4.69, 9.17) is 10.2 Å². The lowest BCUT2D eigenvalue weighted by Gasteiger charge is -2.38. The Bertz CT molecular complexity index is 283. The Kier molecular flexibility index (Phi) is 3.15. The van der Waals surface area contributed by atoms with Crippen molar-refractivity contribution in [1.82, 2.24) is 0 Å². The van der Waals surface area contributed by atoms with E-state index in [9.17, 15) is 0 Å². The lowest BCUT2D eigenvalue weighted by Crippen LogP contribution is -2.36. The van der Waals surface area contributed by atoms with Gasteiger partial charge in [0, 0.05) is 0 Å². The summed E-state index contributed by atoms with van der Waals surface area (Å²) in [7, 11) is 0. The lowest BCUT2D eigenvalue weighted by atomic mass is 9.68. The van der Waals surface area contributed by atoms with Crippen LogP contribution in [0.1, 0.15) is 38.2 Å². The first-order valence-electron chi connectivity index (χ1n) is 5.95. The Balaban J connectivity index is 2.02. The minimum Gasteiger partial charge on any atom is -0.472 e. The van der Waals surface area contributed by atoms with Crippen molar-refractivity contribution >= 4 is 0 Å². The average Bonchev–Trinajstić information content (AvgIpc) is 2.75. The monoisotopic (exact) mass is 207 g/mol. The molecule has 0 atom stereocenters. The van der Waals surface area contributed by atoms with Crippen molar-refractivity contribution in [3.05, 3.63) is 24.2 Å².